The van der Waals surface area contributed by atoms with Gasteiger partial charge in [0.25, 0.3) is 0 Å². The van der Waals surface area contributed by atoms with E-state index in [4.69, 9.17) is 5.73 Å². The molecule has 0 spiro atoms. The average Bonchev–Trinajstić information content (AvgIpc) is 3.15. The van der Waals surface area contributed by atoms with Crippen LogP contribution in [0.2, 0.25) is 0 Å². The van der Waals surface area contributed by atoms with E-state index in [9.17, 15) is 4.79 Å². The minimum absolute atomic E-state index is 0.147. The van der Waals surface area contributed by atoms with Gasteiger partial charge >= 0.3 is 0 Å². The van der Waals surface area contributed by atoms with Gasteiger partial charge in [0.1, 0.15) is 5.01 Å². The summed E-state index contributed by atoms with van der Waals surface area (Å²) in [6.45, 7) is 3.45. The van der Waals surface area contributed by atoms with Gasteiger partial charge in [-0.3, -0.25) is 4.79 Å². The second-order valence-corrected chi connectivity index (χ2v) is 6.67. The lowest BCUT2D eigenvalue weighted by Gasteiger charge is -2.23. The zero-order valence-corrected chi connectivity index (χ0v) is 13.6. The minimum Gasteiger partial charge on any atom is -0.338 e. The molecule has 1 aromatic carbocycles. The van der Waals surface area contributed by atoms with Gasteiger partial charge in [-0.2, -0.15) is 0 Å². The fourth-order valence-corrected chi connectivity index (χ4v) is 3.78. The van der Waals surface area contributed by atoms with Crippen molar-refractivity contribution in [2.75, 3.05) is 13.1 Å². The Bertz CT molecular complexity index is 667. The van der Waals surface area contributed by atoms with E-state index in [1.165, 1.54) is 5.56 Å². The van der Waals surface area contributed by atoms with Gasteiger partial charge in [-0.25, -0.2) is 4.98 Å². The van der Waals surface area contributed by atoms with Crippen LogP contribution in [0.3, 0.4) is 0 Å². The summed E-state index contributed by atoms with van der Waals surface area (Å²) in [4.78, 5) is 19.0. The number of nitrogens with zero attached hydrogens (tertiary/aromatic N) is 2. The van der Waals surface area contributed by atoms with Crippen molar-refractivity contribution in [3.8, 4) is 10.6 Å². The zero-order valence-electron chi connectivity index (χ0n) is 12.8. The van der Waals surface area contributed by atoms with Gasteiger partial charge in [-0.05, 0) is 25.8 Å². The molecule has 2 aromatic rings. The monoisotopic (exact) mass is 315 g/mol. The summed E-state index contributed by atoms with van der Waals surface area (Å²) in [5, 5.41) is 2.96. The molecule has 0 saturated carbocycles. The summed E-state index contributed by atoms with van der Waals surface area (Å²) in [7, 11) is 0. The largest absolute Gasteiger partial charge is 0.338 e. The van der Waals surface area contributed by atoms with Crippen LogP contribution in [-0.4, -0.2) is 34.9 Å². The number of aryl methyl sites for hydroxylation is 1. The molecule has 5 heteroatoms. The van der Waals surface area contributed by atoms with Crippen molar-refractivity contribution in [1.29, 1.82) is 0 Å². The molecule has 4 nitrogen and oxygen atoms in total. The van der Waals surface area contributed by atoms with E-state index in [1.807, 2.05) is 16.3 Å². The Morgan fingerprint density at radius 3 is 3.14 bits per heavy atom. The molecule has 2 heterocycles. The zero-order chi connectivity index (χ0) is 15.5. The third-order valence-corrected chi connectivity index (χ3v) is 5.06. The van der Waals surface area contributed by atoms with Gasteiger partial charge in [0, 0.05) is 30.1 Å². The number of thiazole rings is 1. The van der Waals surface area contributed by atoms with E-state index in [-0.39, 0.29) is 11.9 Å². The summed E-state index contributed by atoms with van der Waals surface area (Å²) in [5.41, 5.74) is 8.93. The summed E-state index contributed by atoms with van der Waals surface area (Å²) in [6, 6.07) is 8.49. The van der Waals surface area contributed by atoms with Gasteiger partial charge in [-0.1, -0.05) is 23.8 Å². The Morgan fingerprint density at radius 2 is 2.36 bits per heavy atom. The SMILES string of the molecule is Cc1cccc(-c2nc(CC(=O)N3CCCC3CN)cs2)c1. The first-order chi connectivity index (χ1) is 10.7. The Morgan fingerprint density at radius 1 is 1.50 bits per heavy atom. The number of likely N-dealkylation sites (tertiary alicyclic amines) is 1. The lowest BCUT2D eigenvalue weighted by atomic mass is 10.1. The Kier molecular flexibility index (Phi) is 4.55. The number of nitrogens with two attached hydrogens (primary N) is 1. The van der Waals surface area contributed by atoms with Crippen LogP contribution in [0.5, 0.6) is 0 Å². The van der Waals surface area contributed by atoms with E-state index < -0.39 is 0 Å². The van der Waals surface area contributed by atoms with Gasteiger partial charge in [0.2, 0.25) is 5.91 Å². The average molecular weight is 315 g/mol. The molecule has 1 atom stereocenters. The molecule has 1 saturated heterocycles. The molecule has 3 rings (SSSR count). The highest BCUT2D eigenvalue weighted by Gasteiger charge is 2.27. The van der Waals surface area contributed by atoms with Gasteiger partial charge < -0.3 is 10.6 Å². The fourth-order valence-electron chi connectivity index (χ4n) is 2.96. The number of hydrogen-bond donors (Lipinski definition) is 1. The topological polar surface area (TPSA) is 59.2 Å². The van der Waals surface area contributed by atoms with Crippen molar-refractivity contribution in [3.05, 3.63) is 40.9 Å². The predicted molar refractivity (Wildman–Crippen MR) is 89.8 cm³/mol. The lowest BCUT2D eigenvalue weighted by molar-refractivity contribution is -0.131. The standard InChI is InChI=1S/C17H21N3OS/c1-12-4-2-5-13(8-12)17-19-14(11-22-17)9-16(21)20-7-3-6-15(20)10-18/h2,4-5,8,11,15H,3,6-7,9-10,18H2,1H3. The maximum atomic E-state index is 12.4. The van der Waals surface area contributed by atoms with Crippen LogP contribution in [0, 0.1) is 6.92 Å². The first-order valence-electron chi connectivity index (χ1n) is 7.68. The maximum Gasteiger partial charge on any atom is 0.228 e. The quantitative estimate of drug-likeness (QED) is 0.943. The minimum atomic E-state index is 0.147. The third-order valence-electron chi connectivity index (χ3n) is 4.12. The number of amides is 1. The van der Waals surface area contributed by atoms with Crippen molar-refractivity contribution < 1.29 is 4.79 Å². The van der Waals surface area contributed by atoms with Crippen molar-refractivity contribution >= 4 is 17.2 Å². The smallest absolute Gasteiger partial charge is 0.228 e. The Labute approximate surface area is 135 Å². The molecular formula is C17H21N3OS. The van der Waals surface area contributed by atoms with Crippen LogP contribution in [0.4, 0.5) is 0 Å². The van der Waals surface area contributed by atoms with E-state index in [0.29, 0.717) is 13.0 Å². The van der Waals surface area contributed by atoms with E-state index >= 15 is 0 Å². The number of carbonyl (C=O) groups is 1. The molecule has 116 valence electrons. The van der Waals surface area contributed by atoms with Crippen LogP contribution in [0.25, 0.3) is 10.6 Å². The van der Waals surface area contributed by atoms with Crippen LogP contribution in [-0.2, 0) is 11.2 Å². The summed E-state index contributed by atoms with van der Waals surface area (Å²) >= 11 is 1.60. The molecule has 2 N–H and O–H groups in total. The third kappa shape index (κ3) is 3.20. The molecule has 0 aliphatic carbocycles. The van der Waals surface area contributed by atoms with E-state index in [0.717, 1.165) is 35.7 Å². The maximum absolute atomic E-state index is 12.4. The number of carbonyl (C=O) groups excluding carboxylic acids is 1. The molecule has 1 aromatic heterocycles. The highest BCUT2D eigenvalue weighted by atomic mass is 32.1. The number of aromatic nitrogens is 1. The van der Waals surface area contributed by atoms with E-state index in [1.54, 1.807) is 11.3 Å². The van der Waals surface area contributed by atoms with Gasteiger partial charge in [-0.15, -0.1) is 11.3 Å². The lowest BCUT2D eigenvalue weighted by Crippen LogP contribution is -2.40. The van der Waals surface area contributed by atoms with Crippen LogP contribution >= 0.6 is 11.3 Å². The number of benzene rings is 1. The summed E-state index contributed by atoms with van der Waals surface area (Å²) < 4.78 is 0. The second kappa shape index (κ2) is 6.58. The van der Waals surface area contributed by atoms with Crippen LogP contribution in [0.1, 0.15) is 24.1 Å². The molecule has 1 fully saturated rings. The first kappa shape index (κ1) is 15.2. The van der Waals surface area contributed by atoms with Crippen molar-refractivity contribution in [2.45, 2.75) is 32.2 Å². The van der Waals surface area contributed by atoms with Crippen molar-refractivity contribution in [3.63, 3.8) is 0 Å². The summed E-state index contributed by atoms with van der Waals surface area (Å²) in [6.07, 6.45) is 2.45. The normalized spacial score (nSPS) is 17.9. The molecule has 1 aliphatic rings. The molecule has 22 heavy (non-hydrogen) atoms. The highest BCUT2D eigenvalue weighted by Crippen LogP contribution is 2.25. The van der Waals surface area contributed by atoms with E-state index in [2.05, 4.69) is 30.1 Å². The van der Waals surface area contributed by atoms with Gasteiger partial charge in [0.15, 0.2) is 0 Å². The van der Waals surface area contributed by atoms with Crippen LogP contribution in [0.15, 0.2) is 29.6 Å². The fraction of sp³-hybridized carbons (Fsp3) is 0.412. The second-order valence-electron chi connectivity index (χ2n) is 5.81. The van der Waals surface area contributed by atoms with Gasteiger partial charge in [0.05, 0.1) is 12.1 Å². The molecule has 1 aliphatic heterocycles. The Balaban J connectivity index is 1.70. The Hall–Kier alpha value is -1.72. The molecular weight excluding hydrogens is 294 g/mol. The first-order valence-corrected chi connectivity index (χ1v) is 8.56. The molecule has 0 radical (unpaired) electrons. The molecule has 0 bridgehead atoms. The predicted octanol–water partition coefficient (Wildman–Crippen LogP) is 2.61. The summed E-state index contributed by atoms with van der Waals surface area (Å²) in [5.74, 6) is 0.147. The number of rotatable bonds is 4. The van der Waals surface area contributed by atoms with Crippen LogP contribution < -0.4 is 5.73 Å². The van der Waals surface area contributed by atoms with Crippen molar-refractivity contribution in [1.82, 2.24) is 9.88 Å². The molecule has 1 unspecified atom stereocenters. The number of hydrogen-bond acceptors (Lipinski definition) is 4. The van der Waals surface area contributed by atoms with Crippen molar-refractivity contribution in [2.24, 2.45) is 5.73 Å². The highest BCUT2D eigenvalue weighted by molar-refractivity contribution is 7.13. The molecule has 1 amide bonds.